The van der Waals surface area contributed by atoms with Crippen LogP contribution in [0.15, 0.2) is 29.3 Å². The van der Waals surface area contributed by atoms with E-state index in [0.717, 1.165) is 6.07 Å². The SMILES string of the molecule is CN(Cc1cn[nH]c1)C(=O)c1ccc(C(F)(F)F)[nH]c1=O. The van der Waals surface area contributed by atoms with E-state index >= 15 is 0 Å². The summed E-state index contributed by atoms with van der Waals surface area (Å²) in [5.74, 6) is -0.675. The second-order valence-electron chi connectivity index (χ2n) is 4.38. The Kier molecular flexibility index (Phi) is 3.83. The van der Waals surface area contributed by atoms with Gasteiger partial charge in [-0.3, -0.25) is 14.7 Å². The maximum Gasteiger partial charge on any atom is 0.431 e. The zero-order valence-electron chi connectivity index (χ0n) is 10.9. The van der Waals surface area contributed by atoms with Crippen molar-refractivity contribution in [3.05, 3.63) is 51.7 Å². The molecule has 0 saturated heterocycles. The van der Waals surface area contributed by atoms with E-state index in [-0.39, 0.29) is 12.1 Å². The van der Waals surface area contributed by atoms with Gasteiger partial charge in [0.2, 0.25) is 0 Å². The van der Waals surface area contributed by atoms with E-state index in [1.165, 1.54) is 18.1 Å². The lowest BCUT2D eigenvalue weighted by Crippen LogP contribution is -2.32. The predicted octanol–water partition coefficient (Wildman–Crippen LogP) is 1.39. The summed E-state index contributed by atoms with van der Waals surface area (Å²) in [5.41, 5.74) is -1.92. The molecular formula is C12H11F3N4O2. The average molecular weight is 300 g/mol. The maximum absolute atomic E-state index is 12.4. The molecule has 0 bridgehead atoms. The molecule has 6 nitrogen and oxygen atoms in total. The van der Waals surface area contributed by atoms with Gasteiger partial charge in [-0.05, 0) is 12.1 Å². The number of rotatable bonds is 3. The molecule has 0 radical (unpaired) electrons. The molecule has 0 unspecified atom stereocenters. The minimum absolute atomic E-state index is 0.176. The summed E-state index contributed by atoms with van der Waals surface area (Å²) in [4.78, 5) is 26.5. The Morgan fingerprint density at radius 2 is 2.10 bits per heavy atom. The standard InChI is InChI=1S/C12H11F3N4O2/c1-19(6-7-4-16-17-5-7)11(21)8-2-3-9(12(13,14)15)18-10(8)20/h2-5H,6H2,1H3,(H,16,17)(H,18,20). The van der Waals surface area contributed by atoms with E-state index in [4.69, 9.17) is 0 Å². The number of hydrogen-bond donors (Lipinski definition) is 2. The topological polar surface area (TPSA) is 81.8 Å². The maximum atomic E-state index is 12.4. The van der Waals surface area contributed by atoms with Gasteiger partial charge in [0, 0.05) is 25.4 Å². The summed E-state index contributed by atoms with van der Waals surface area (Å²) >= 11 is 0. The zero-order valence-corrected chi connectivity index (χ0v) is 10.9. The fourth-order valence-corrected chi connectivity index (χ4v) is 1.72. The van der Waals surface area contributed by atoms with Crippen molar-refractivity contribution in [2.75, 3.05) is 7.05 Å². The first-order valence-corrected chi connectivity index (χ1v) is 5.82. The van der Waals surface area contributed by atoms with Crippen LogP contribution in [0, 0.1) is 0 Å². The summed E-state index contributed by atoms with van der Waals surface area (Å²) in [6.07, 6.45) is -1.59. The molecule has 0 atom stereocenters. The van der Waals surface area contributed by atoms with Crippen molar-refractivity contribution in [2.45, 2.75) is 12.7 Å². The van der Waals surface area contributed by atoms with Crippen molar-refractivity contribution in [3.8, 4) is 0 Å². The van der Waals surface area contributed by atoms with Crippen molar-refractivity contribution in [3.63, 3.8) is 0 Å². The van der Waals surface area contributed by atoms with Gasteiger partial charge in [0.15, 0.2) is 0 Å². The van der Waals surface area contributed by atoms with E-state index < -0.39 is 23.3 Å². The summed E-state index contributed by atoms with van der Waals surface area (Å²) in [7, 11) is 1.44. The number of aromatic nitrogens is 3. The van der Waals surface area contributed by atoms with Crippen LogP contribution in [-0.4, -0.2) is 33.0 Å². The normalized spacial score (nSPS) is 11.4. The van der Waals surface area contributed by atoms with E-state index in [2.05, 4.69) is 10.2 Å². The molecule has 0 aliphatic carbocycles. The number of carbonyl (C=O) groups excluding carboxylic acids is 1. The molecule has 0 aliphatic rings. The Morgan fingerprint density at radius 3 is 2.62 bits per heavy atom. The number of carbonyl (C=O) groups is 1. The number of nitrogens with zero attached hydrogens (tertiary/aromatic N) is 2. The third kappa shape index (κ3) is 3.30. The quantitative estimate of drug-likeness (QED) is 0.898. The fraction of sp³-hybridized carbons (Fsp3) is 0.250. The molecule has 1 amide bonds. The van der Waals surface area contributed by atoms with Gasteiger partial charge in [0.25, 0.3) is 11.5 Å². The molecule has 0 saturated carbocycles. The van der Waals surface area contributed by atoms with Crippen molar-refractivity contribution in [2.24, 2.45) is 0 Å². The Hall–Kier alpha value is -2.58. The second kappa shape index (κ2) is 5.43. The smallest absolute Gasteiger partial charge is 0.337 e. The van der Waals surface area contributed by atoms with Gasteiger partial charge in [0.05, 0.1) is 6.20 Å². The Labute approximate surface area is 116 Å². The van der Waals surface area contributed by atoms with Crippen LogP contribution < -0.4 is 5.56 Å². The first-order valence-electron chi connectivity index (χ1n) is 5.82. The minimum atomic E-state index is -4.66. The van der Waals surface area contributed by atoms with Crippen molar-refractivity contribution >= 4 is 5.91 Å². The molecule has 21 heavy (non-hydrogen) atoms. The molecule has 112 valence electrons. The molecule has 2 aromatic heterocycles. The number of H-pyrrole nitrogens is 2. The lowest BCUT2D eigenvalue weighted by molar-refractivity contribution is -0.141. The molecule has 0 spiro atoms. The van der Waals surface area contributed by atoms with Crippen molar-refractivity contribution in [1.29, 1.82) is 0 Å². The molecule has 0 aromatic carbocycles. The number of hydrogen-bond acceptors (Lipinski definition) is 3. The third-order valence-electron chi connectivity index (χ3n) is 2.77. The van der Waals surface area contributed by atoms with Gasteiger partial charge in [0.1, 0.15) is 11.3 Å². The van der Waals surface area contributed by atoms with Gasteiger partial charge in [-0.15, -0.1) is 0 Å². The summed E-state index contributed by atoms with van der Waals surface area (Å²) in [6, 6.07) is 1.54. The van der Waals surface area contributed by atoms with Crippen LogP contribution in [0.5, 0.6) is 0 Å². The second-order valence-corrected chi connectivity index (χ2v) is 4.38. The van der Waals surface area contributed by atoms with Gasteiger partial charge in [-0.2, -0.15) is 18.3 Å². The van der Waals surface area contributed by atoms with Crippen LogP contribution in [0.2, 0.25) is 0 Å². The highest BCUT2D eigenvalue weighted by atomic mass is 19.4. The number of pyridine rings is 1. The van der Waals surface area contributed by atoms with Crippen molar-refractivity contribution in [1.82, 2.24) is 20.1 Å². The van der Waals surface area contributed by atoms with Gasteiger partial charge < -0.3 is 9.88 Å². The van der Waals surface area contributed by atoms with E-state index in [1.54, 1.807) is 11.2 Å². The van der Waals surface area contributed by atoms with Crippen LogP contribution in [-0.2, 0) is 12.7 Å². The number of nitrogens with one attached hydrogen (secondary N) is 2. The zero-order chi connectivity index (χ0) is 15.6. The monoisotopic (exact) mass is 300 g/mol. The molecule has 2 N–H and O–H groups in total. The lowest BCUT2D eigenvalue weighted by Gasteiger charge is -2.16. The minimum Gasteiger partial charge on any atom is -0.337 e. The van der Waals surface area contributed by atoms with Crippen LogP contribution in [0.1, 0.15) is 21.6 Å². The van der Waals surface area contributed by atoms with Crippen LogP contribution in [0.4, 0.5) is 13.2 Å². The largest absolute Gasteiger partial charge is 0.431 e. The average Bonchev–Trinajstić information content (AvgIpc) is 2.89. The van der Waals surface area contributed by atoms with Crippen LogP contribution in [0.25, 0.3) is 0 Å². The summed E-state index contributed by atoms with van der Waals surface area (Å²) < 4.78 is 37.3. The van der Waals surface area contributed by atoms with Gasteiger partial charge in [-0.1, -0.05) is 0 Å². The van der Waals surface area contributed by atoms with E-state index in [9.17, 15) is 22.8 Å². The predicted molar refractivity (Wildman–Crippen MR) is 66.4 cm³/mol. The summed E-state index contributed by atoms with van der Waals surface area (Å²) in [5, 5.41) is 6.28. The molecule has 0 aliphatic heterocycles. The number of amides is 1. The Morgan fingerprint density at radius 1 is 1.38 bits per heavy atom. The number of aromatic amines is 2. The Balaban J connectivity index is 2.21. The molecule has 2 aromatic rings. The van der Waals surface area contributed by atoms with Gasteiger partial charge in [-0.25, -0.2) is 0 Å². The molecule has 2 rings (SSSR count). The highest BCUT2D eigenvalue weighted by molar-refractivity contribution is 5.93. The van der Waals surface area contributed by atoms with Crippen LogP contribution in [0.3, 0.4) is 0 Å². The first kappa shape index (κ1) is 14.8. The molecule has 9 heteroatoms. The highest BCUT2D eigenvalue weighted by Crippen LogP contribution is 2.26. The highest BCUT2D eigenvalue weighted by Gasteiger charge is 2.32. The molecule has 0 fully saturated rings. The fourth-order valence-electron chi connectivity index (χ4n) is 1.72. The molecule has 2 heterocycles. The molecular weight excluding hydrogens is 289 g/mol. The van der Waals surface area contributed by atoms with E-state index in [1.807, 2.05) is 0 Å². The number of halogens is 3. The van der Waals surface area contributed by atoms with Crippen LogP contribution >= 0.6 is 0 Å². The van der Waals surface area contributed by atoms with Crippen molar-refractivity contribution < 1.29 is 18.0 Å². The lowest BCUT2D eigenvalue weighted by atomic mass is 10.2. The third-order valence-corrected chi connectivity index (χ3v) is 2.77. The first-order chi connectivity index (χ1) is 9.79. The Bertz CT molecular complexity index is 691. The summed E-state index contributed by atoms with van der Waals surface area (Å²) in [6.45, 7) is 0.176. The van der Waals surface area contributed by atoms with E-state index in [0.29, 0.717) is 11.6 Å². The number of alkyl halides is 3. The van der Waals surface area contributed by atoms with Gasteiger partial charge >= 0.3 is 6.18 Å².